The van der Waals surface area contributed by atoms with Gasteiger partial charge in [0.2, 0.25) is 0 Å². The molecular formula is C20H24N4O3. The maximum Gasteiger partial charge on any atom is 0.326 e. The maximum absolute atomic E-state index is 12.5. The van der Waals surface area contributed by atoms with Crippen LogP contribution in [-0.4, -0.2) is 35.5 Å². The van der Waals surface area contributed by atoms with Crippen molar-refractivity contribution < 1.29 is 14.7 Å². The van der Waals surface area contributed by atoms with Gasteiger partial charge in [0.1, 0.15) is 6.04 Å². The molecule has 0 radical (unpaired) electrons. The predicted molar refractivity (Wildman–Crippen MR) is 104 cm³/mol. The Hall–Kier alpha value is -3.35. The lowest BCUT2D eigenvalue weighted by atomic mass is 10.0. The Morgan fingerprint density at radius 2 is 1.74 bits per heavy atom. The van der Waals surface area contributed by atoms with E-state index in [9.17, 15) is 14.7 Å². The summed E-state index contributed by atoms with van der Waals surface area (Å²) in [7, 11) is 0. The van der Waals surface area contributed by atoms with Gasteiger partial charge < -0.3 is 21.9 Å². The van der Waals surface area contributed by atoms with Crippen molar-refractivity contribution in [3.8, 4) is 0 Å². The number of carboxylic acid groups (broad SMARTS) is 1. The number of hydrogen-bond acceptors (Lipinski definition) is 3. The Morgan fingerprint density at radius 3 is 2.41 bits per heavy atom. The lowest BCUT2D eigenvalue weighted by Crippen LogP contribution is -2.40. The SMILES string of the molecule is NC(N)=NCCCC(NC(=O)c1cccc(Cc2ccccc2)c1)C(=O)O. The molecule has 7 nitrogen and oxygen atoms in total. The largest absolute Gasteiger partial charge is 0.480 e. The molecule has 0 aliphatic carbocycles. The number of rotatable bonds is 9. The molecular weight excluding hydrogens is 344 g/mol. The summed E-state index contributed by atoms with van der Waals surface area (Å²) in [5.41, 5.74) is 13.0. The average Bonchev–Trinajstić information content (AvgIpc) is 2.64. The fourth-order valence-electron chi connectivity index (χ4n) is 2.66. The van der Waals surface area contributed by atoms with Crippen LogP contribution in [0.1, 0.15) is 34.3 Å². The van der Waals surface area contributed by atoms with Crippen molar-refractivity contribution in [1.29, 1.82) is 0 Å². The molecule has 0 heterocycles. The van der Waals surface area contributed by atoms with E-state index in [0.717, 1.165) is 11.1 Å². The van der Waals surface area contributed by atoms with Gasteiger partial charge in [0.15, 0.2) is 5.96 Å². The van der Waals surface area contributed by atoms with Gasteiger partial charge in [0, 0.05) is 12.1 Å². The van der Waals surface area contributed by atoms with Gasteiger partial charge >= 0.3 is 5.97 Å². The Bertz CT molecular complexity index is 802. The summed E-state index contributed by atoms with van der Waals surface area (Å²) >= 11 is 0. The molecule has 1 amide bonds. The Morgan fingerprint density at radius 1 is 1.04 bits per heavy atom. The quantitative estimate of drug-likeness (QED) is 0.303. The van der Waals surface area contributed by atoms with Crippen LogP contribution in [0.2, 0.25) is 0 Å². The lowest BCUT2D eigenvalue weighted by molar-refractivity contribution is -0.139. The molecule has 2 rings (SSSR count). The van der Waals surface area contributed by atoms with Crippen molar-refractivity contribution in [2.75, 3.05) is 6.54 Å². The maximum atomic E-state index is 12.5. The van der Waals surface area contributed by atoms with E-state index in [1.54, 1.807) is 18.2 Å². The molecule has 0 aliphatic heterocycles. The Labute approximate surface area is 158 Å². The van der Waals surface area contributed by atoms with E-state index < -0.39 is 17.9 Å². The van der Waals surface area contributed by atoms with Crippen molar-refractivity contribution in [2.45, 2.75) is 25.3 Å². The molecule has 1 atom stereocenters. The minimum Gasteiger partial charge on any atom is -0.480 e. The third-order valence-corrected chi connectivity index (χ3v) is 3.99. The van der Waals surface area contributed by atoms with E-state index >= 15 is 0 Å². The van der Waals surface area contributed by atoms with Crippen LogP contribution < -0.4 is 16.8 Å². The van der Waals surface area contributed by atoms with Crippen LogP contribution in [0.5, 0.6) is 0 Å². The first-order valence-electron chi connectivity index (χ1n) is 8.67. The van der Waals surface area contributed by atoms with E-state index in [1.807, 2.05) is 36.4 Å². The summed E-state index contributed by atoms with van der Waals surface area (Å²) in [4.78, 5) is 27.7. The molecule has 0 aliphatic rings. The first-order valence-corrected chi connectivity index (χ1v) is 8.67. The number of amides is 1. The second-order valence-electron chi connectivity index (χ2n) is 6.18. The van der Waals surface area contributed by atoms with E-state index in [0.29, 0.717) is 24.9 Å². The lowest BCUT2D eigenvalue weighted by Gasteiger charge is -2.14. The topological polar surface area (TPSA) is 131 Å². The third kappa shape index (κ3) is 6.81. The van der Waals surface area contributed by atoms with E-state index in [1.165, 1.54) is 0 Å². The molecule has 27 heavy (non-hydrogen) atoms. The fourth-order valence-corrected chi connectivity index (χ4v) is 2.66. The number of carboxylic acids is 1. The summed E-state index contributed by atoms with van der Waals surface area (Å²) in [6, 6.07) is 16.1. The molecule has 0 spiro atoms. The molecule has 2 aromatic carbocycles. The molecule has 0 aromatic heterocycles. The van der Waals surface area contributed by atoms with Gasteiger partial charge in [-0.2, -0.15) is 0 Å². The highest BCUT2D eigenvalue weighted by Gasteiger charge is 2.20. The van der Waals surface area contributed by atoms with Gasteiger partial charge in [-0.1, -0.05) is 42.5 Å². The summed E-state index contributed by atoms with van der Waals surface area (Å²) in [6.07, 6.45) is 1.38. The van der Waals surface area contributed by atoms with Gasteiger partial charge in [0.05, 0.1) is 0 Å². The molecule has 142 valence electrons. The zero-order chi connectivity index (χ0) is 19.6. The van der Waals surface area contributed by atoms with Crippen LogP contribution in [0.15, 0.2) is 59.6 Å². The van der Waals surface area contributed by atoms with E-state index in [4.69, 9.17) is 11.5 Å². The molecule has 0 bridgehead atoms. The van der Waals surface area contributed by atoms with Crippen molar-refractivity contribution in [3.05, 3.63) is 71.3 Å². The number of carbonyl (C=O) groups is 2. The van der Waals surface area contributed by atoms with Gasteiger partial charge in [-0.15, -0.1) is 0 Å². The van der Waals surface area contributed by atoms with Crippen LogP contribution in [0.25, 0.3) is 0 Å². The van der Waals surface area contributed by atoms with Crippen LogP contribution in [0.3, 0.4) is 0 Å². The Kier molecular flexibility index (Phi) is 7.37. The number of guanidine groups is 1. The predicted octanol–water partition coefficient (Wildman–Crippen LogP) is 1.51. The number of hydrogen-bond donors (Lipinski definition) is 4. The molecule has 6 N–H and O–H groups in total. The average molecular weight is 368 g/mol. The summed E-state index contributed by atoms with van der Waals surface area (Å²) in [6.45, 7) is 0.314. The molecule has 2 aromatic rings. The number of benzene rings is 2. The van der Waals surface area contributed by atoms with Crippen LogP contribution in [0.4, 0.5) is 0 Å². The Balaban J connectivity index is 1.99. The van der Waals surface area contributed by atoms with Crippen LogP contribution in [0, 0.1) is 0 Å². The molecule has 7 heteroatoms. The van der Waals surface area contributed by atoms with Crippen molar-refractivity contribution in [2.24, 2.45) is 16.5 Å². The molecule has 0 saturated carbocycles. The van der Waals surface area contributed by atoms with Crippen LogP contribution >= 0.6 is 0 Å². The molecule has 1 unspecified atom stereocenters. The highest BCUT2D eigenvalue weighted by molar-refractivity contribution is 5.96. The van der Waals surface area contributed by atoms with Gasteiger partial charge in [0.25, 0.3) is 5.91 Å². The standard InChI is InChI=1S/C20H24N4O3/c21-20(22)23-11-5-10-17(19(26)27)24-18(25)16-9-4-8-15(13-16)12-14-6-2-1-3-7-14/h1-4,6-9,13,17H,5,10-12H2,(H,24,25)(H,26,27)(H4,21,22,23). The minimum absolute atomic E-state index is 0.0406. The minimum atomic E-state index is -1.09. The number of carbonyl (C=O) groups excluding carboxylic acids is 1. The van der Waals surface area contributed by atoms with Gasteiger partial charge in [-0.3, -0.25) is 9.79 Å². The van der Waals surface area contributed by atoms with Crippen LogP contribution in [-0.2, 0) is 11.2 Å². The second kappa shape index (κ2) is 9.96. The fraction of sp³-hybridized carbons (Fsp3) is 0.250. The van der Waals surface area contributed by atoms with E-state index in [2.05, 4.69) is 10.3 Å². The zero-order valence-corrected chi connectivity index (χ0v) is 15.0. The third-order valence-electron chi connectivity index (χ3n) is 3.99. The number of aliphatic imine (C=N–C) groups is 1. The first kappa shape index (κ1) is 20.0. The van der Waals surface area contributed by atoms with Crippen molar-refractivity contribution in [1.82, 2.24) is 5.32 Å². The van der Waals surface area contributed by atoms with Gasteiger partial charge in [-0.25, -0.2) is 4.79 Å². The number of nitrogens with two attached hydrogens (primary N) is 2. The van der Waals surface area contributed by atoms with E-state index in [-0.39, 0.29) is 12.4 Å². The van der Waals surface area contributed by atoms with Crippen molar-refractivity contribution in [3.63, 3.8) is 0 Å². The second-order valence-corrected chi connectivity index (χ2v) is 6.18. The monoisotopic (exact) mass is 368 g/mol. The summed E-state index contributed by atoms with van der Waals surface area (Å²) in [5, 5.41) is 11.9. The smallest absolute Gasteiger partial charge is 0.326 e. The highest BCUT2D eigenvalue weighted by Crippen LogP contribution is 2.12. The number of aliphatic carboxylic acids is 1. The first-order chi connectivity index (χ1) is 13.0. The van der Waals surface area contributed by atoms with Crippen molar-refractivity contribution >= 4 is 17.8 Å². The molecule has 0 saturated heterocycles. The number of nitrogens with zero attached hydrogens (tertiary/aromatic N) is 1. The molecule has 0 fully saturated rings. The summed E-state index contributed by atoms with van der Waals surface area (Å²) < 4.78 is 0. The number of nitrogens with one attached hydrogen (secondary N) is 1. The van der Waals surface area contributed by atoms with Gasteiger partial charge in [-0.05, 0) is 42.5 Å². The zero-order valence-electron chi connectivity index (χ0n) is 15.0. The summed E-state index contributed by atoms with van der Waals surface area (Å²) in [5.74, 6) is -1.55. The highest BCUT2D eigenvalue weighted by atomic mass is 16.4. The normalized spacial score (nSPS) is 11.4.